The predicted molar refractivity (Wildman–Crippen MR) is 69.6 cm³/mol. The molecule has 6 heteroatoms. The Morgan fingerprint density at radius 3 is 2.79 bits per heavy atom. The van der Waals surface area contributed by atoms with E-state index in [1.807, 2.05) is 0 Å². The molecule has 2 atom stereocenters. The normalized spacial score (nSPS) is 23.4. The summed E-state index contributed by atoms with van der Waals surface area (Å²) in [7, 11) is -3.01. The number of hydrogen-bond acceptors (Lipinski definition) is 3. The maximum Gasteiger partial charge on any atom is 0.154 e. The van der Waals surface area contributed by atoms with Gasteiger partial charge in [-0.3, -0.25) is 0 Å². The van der Waals surface area contributed by atoms with Gasteiger partial charge in [0.05, 0.1) is 11.0 Å². The van der Waals surface area contributed by atoms with E-state index in [2.05, 4.69) is 5.32 Å². The molecule has 0 radical (unpaired) electrons. The van der Waals surface area contributed by atoms with Crippen LogP contribution in [0.3, 0.4) is 0 Å². The minimum atomic E-state index is -3.01. The molecule has 0 spiro atoms. The summed E-state index contributed by atoms with van der Waals surface area (Å²) in [6, 6.07) is 2.85. The quantitative estimate of drug-likeness (QED) is 0.924. The molecule has 0 aromatic heterocycles. The maximum absolute atomic E-state index is 13.5. The maximum atomic E-state index is 13.5. The Kier molecular flexibility index (Phi) is 4.20. The Bertz CT molecular complexity index is 560. The molecule has 106 valence electrons. The number of benzene rings is 1. The highest BCUT2D eigenvalue weighted by atomic mass is 32.2. The van der Waals surface area contributed by atoms with Crippen molar-refractivity contribution in [2.75, 3.05) is 12.3 Å². The molecule has 1 fully saturated rings. The number of rotatable bonds is 4. The number of halogens is 2. The van der Waals surface area contributed by atoms with Gasteiger partial charge in [0.15, 0.2) is 9.84 Å². The molecule has 19 heavy (non-hydrogen) atoms. The third-order valence-electron chi connectivity index (χ3n) is 3.54. The summed E-state index contributed by atoms with van der Waals surface area (Å²) in [5.41, 5.74) is 0.218. The van der Waals surface area contributed by atoms with E-state index < -0.39 is 32.8 Å². The molecule has 1 aliphatic heterocycles. The van der Waals surface area contributed by atoms with Gasteiger partial charge in [-0.15, -0.1) is 0 Å². The molecular weight excluding hydrogens is 272 g/mol. The zero-order valence-corrected chi connectivity index (χ0v) is 11.5. The average Bonchev–Trinajstić information content (AvgIpc) is 2.68. The standard InChI is InChI=1S/C13H17F2NO2S/c1-9(12-7-10(14)4-5-13(12)15)16-8-11-3-2-6-19(11,17)18/h4-5,7,9,11,16H,2-3,6,8H2,1H3. The fraction of sp³-hybridized carbons (Fsp3) is 0.538. The first-order valence-electron chi connectivity index (χ1n) is 6.30. The van der Waals surface area contributed by atoms with E-state index in [0.29, 0.717) is 12.8 Å². The molecule has 2 unspecified atom stereocenters. The summed E-state index contributed by atoms with van der Waals surface area (Å²) < 4.78 is 49.9. The molecule has 2 rings (SSSR count). The summed E-state index contributed by atoms with van der Waals surface area (Å²) in [6.45, 7) is 1.97. The van der Waals surface area contributed by atoms with E-state index >= 15 is 0 Å². The average molecular weight is 289 g/mol. The predicted octanol–water partition coefficient (Wildman–Crippen LogP) is 2.19. The monoisotopic (exact) mass is 289 g/mol. The Balaban J connectivity index is 2.02. The second-order valence-corrected chi connectivity index (χ2v) is 7.33. The van der Waals surface area contributed by atoms with Crippen molar-refractivity contribution in [3.05, 3.63) is 35.4 Å². The Morgan fingerprint density at radius 1 is 1.42 bits per heavy atom. The molecule has 1 aromatic carbocycles. The summed E-state index contributed by atoms with van der Waals surface area (Å²) in [4.78, 5) is 0. The summed E-state index contributed by atoms with van der Waals surface area (Å²) in [6.07, 6.45) is 1.31. The highest BCUT2D eigenvalue weighted by molar-refractivity contribution is 7.92. The zero-order valence-electron chi connectivity index (χ0n) is 10.7. The van der Waals surface area contributed by atoms with Crippen molar-refractivity contribution in [3.63, 3.8) is 0 Å². The molecule has 1 saturated heterocycles. The first-order chi connectivity index (χ1) is 8.90. The van der Waals surface area contributed by atoms with E-state index in [1.165, 1.54) is 0 Å². The van der Waals surface area contributed by atoms with Crippen molar-refractivity contribution in [3.8, 4) is 0 Å². The van der Waals surface area contributed by atoms with Gasteiger partial charge >= 0.3 is 0 Å². The molecular formula is C13H17F2NO2S. The van der Waals surface area contributed by atoms with Gasteiger partial charge in [0.1, 0.15) is 11.6 Å². The van der Waals surface area contributed by atoms with E-state index in [9.17, 15) is 17.2 Å². The Hall–Kier alpha value is -1.01. The van der Waals surface area contributed by atoms with Gasteiger partial charge in [0.25, 0.3) is 0 Å². The second-order valence-electron chi connectivity index (χ2n) is 4.93. The molecule has 0 aliphatic carbocycles. The van der Waals surface area contributed by atoms with Gasteiger partial charge < -0.3 is 5.32 Å². The van der Waals surface area contributed by atoms with E-state index in [4.69, 9.17) is 0 Å². The molecule has 3 nitrogen and oxygen atoms in total. The number of hydrogen-bond donors (Lipinski definition) is 1. The van der Waals surface area contributed by atoms with Crippen LogP contribution < -0.4 is 5.32 Å². The highest BCUT2D eigenvalue weighted by Gasteiger charge is 2.31. The van der Waals surface area contributed by atoms with Crippen LogP contribution in [0.25, 0.3) is 0 Å². The minimum absolute atomic E-state index is 0.218. The van der Waals surface area contributed by atoms with E-state index in [1.54, 1.807) is 6.92 Å². The van der Waals surface area contributed by atoms with Crippen LogP contribution in [0.1, 0.15) is 31.4 Å². The van der Waals surface area contributed by atoms with E-state index in [0.717, 1.165) is 18.2 Å². The van der Waals surface area contributed by atoms with Crippen LogP contribution in [0.5, 0.6) is 0 Å². The zero-order chi connectivity index (χ0) is 14.0. The molecule has 1 aliphatic rings. The smallest absolute Gasteiger partial charge is 0.154 e. The fourth-order valence-electron chi connectivity index (χ4n) is 2.35. The summed E-state index contributed by atoms with van der Waals surface area (Å²) in [5, 5.41) is 2.57. The van der Waals surface area contributed by atoms with Crippen LogP contribution in [0.15, 0.2) is 18.2 Å². The molecule has 0 amide bonds. The van der Waals surface area contributed by atoms with Crippen molar-refractivity contribution >= 4 is 9.84 Å². The van der Waals surface area contributed by atoms with E-state index in [-0.39, 0.29) is 17.9 Å². The summed E-state index contributed by atoms with van der Waals surface area (Å²) in [5.74, 6) is -0.767. The summed E-state index contributed by atoms with van der Waals surface area (Å²) >= 11 is 0. The van der Waals surface area contributed by atoms with Crippen molar-refractivity contribution in [2.45, 2.75) is 31.1 Å². The van der Waals surface area contributed by atoms with Crippen molar-refractivity contribution in [1.29, 1.82) is 0 Å². The SMILES string of the molecule is CC(NCC1CCCS1(=O)=O)c1cc(F)ccc1F. The Labute approximate surface area is 111 Å². The third kappa shape index (κ3) is 3.30. The van der Waals surface area contributed by atoms with Crippen LogP contribution in [0.4, 0.5) is 8.78 Å². The van der Waals surface area contributed by atoms with Crippen molar-refractivity contribution in [2.24, 2.45) is 0 Å². The lowest BCUT2D eigenvalue weighted by Crippen LogP contribution is -2.32. The van der Waals surface area contributed by atoms with Gasteiger partial charge in [0, 0.05) is 18.2 Å². The fourth-order valence-corrected chi connectivity index (χ4v) is 4.13. The number of sulfone groups is 1. The van der Waals surface area contributed by atoms with Gasteiger partial charge in [-0.25, -0.2) is 17.2 Å². The molecule has 1 aromatic rings. The lowest BCUT2D eigenvalue weighted by Gasteiger charge is -2.17. The van der Waals surface area contributed by atoms with Gasteiger partial charge in [-0.2, -0.15) is 0 Å². The lowest BCUT2D eigenvalue weighted by molar-refractivity contribution is 0.506. The molecule has 0 bridgehead atoms. The topological polar surface area (TPSA) is 46.2 Å². The van der Waals surface area contributed by atoms with Crippen LogP contribution in [-0.4, -0.2) is 26.0 Å². The first-order valence-corrected chi connectivity index (χ1v) is 8.01. The van der Waals surface area contributed by atoms with Gasteiger partial charge in [-0.1, -0.05) is 0 Å². The molecule has 1 N–H and O–H groups in total. The van der Waals surface area contributed by atoms with Crippen LogP contribution >= 0.6 is 0 Å². The minimum Gasteiger partial charge on any atom is -0.309 e. The van der Waals surface area contributed by atoms with Gasteiger partial charge in [-0.05, 0) is 38.0 Å². The molecule has 1 heterocycles. The Morgan fingerprint density at radius 2 is 2.16 bits per heavy atom. The van der Waals surface area contributed by atoms with Crippen molar-refractivity contribution in [1.82, 2.24) is 5.32 Å². The van der Waals surface area contributed by atoms with Crippen molar-refractivity contribution < 1.29 is 17.2 Å². The van der Waals surface area contributed by atoms with Crippen LogP contribution in [0.2, 0.25) is 0 Å². The largest absolute Gasteiger partial charge is 0.309 e. The van der Waals surface area contributed by atoms with Crippen LogP contribution in [-0.2, 0) is 9.84 Å². The first kappa shape index (κ1) is 14.4. The van der Waals surface area contributed by atoms with Crippen LogP contribution in [0, 0.1) is 11.6 Å². The third-order valence-corrected chi connectivity index (χ3v) is 5.81. The number of nitrogens with one attached hydrogen (secondary N) is 1. The van der Waals surface area contributed by atoms with Gasteiger partial charge in [0.2, 0.25) is 0 Å². The molecule has 0 saturated carbocycles. The lowest BCUT2D eigenvalue weighted by atomic mass is 10.1. The highest BCUT2D eigenvalue weighted by Crippen LogP contribution is 2.22. The second kappa shape index (κ2) is 5.54.